The van der Waals surface area contributed by atoms with E-state index in [1.54, 1.807) is 0 Å². The second kappa shape index (κ2) is 8.83. The van der Waals surface area contributed by atoms with Crippen molar-refractivity contribution in [1.82, 2.24) is 0 Å². The van der Waals surface area contributed by atoms with Crippen LogP contribution in [0.25, 0.3) is 10.8 Å². The largest absolute Gasteiger partial charge is 0.383 e. The molecule has 2 aromatic carbocycles. The van der Waals surface area contributed by atoms with Crippen molar-refractivity contribution in [3.8, 4) is 12.1 Å². The highest BCUT2D eigenvalue weighted by molar-refractivity contribution is 8.14. The fraction of sp³-hybridized carbons (Fsp3) is 0.333. The third-order valence-electron chi connectivity index (χ3n) is 6.19. The van der Waals surface area contributed by atoms with Crippen molar-refractivity contribution in [2.75, 3.05) is 11.1 Å². The van der Waals surface area contributed by atoms with Crippen molar-refractivity contribution in [3.05, 3.63) is 53.9 Å². The number of hydrogen-bond acceptors (Lipinski definition) is 6. The Labute approximate surface area is 185 Å². The van der Waals surface area contributed by atoms with Crippen LogP contribution in [0.3, 0.4) is 0 Å². The molecular formula is C24H23N5OS. The Morgan fingerprint density at radius 2 is 1.90 bits per heavy atom. The summed E-state index contributed by atoms with van der Waals surface area (Å²) >= 11 is 1.24. The molecule has 1 saturated carbocycles. The first-order chi connectivity index (χ1) is 15.1. The molecule has 1 heterocycles. The van der Waals surface area contributed by atoms with Gasteiger partial charge in [0, 0.05) is 16.5 Å². The van der Waals surface area contributed by atoms with E-state index in [1.165, 1.54) is 11.8 Å². The number of carbonyl (C=O) groups excluding carboxylic acids is 1. The van der Waals surface area contributed by atoms with Gasteiger partial charge in [-0.15, -0.1) is 0 Å². The topological polar surface area (TPSA) is 115 Å². The van der Waals surface area contributed by atoms with Crippen LogP contribution in [0, 0.1) is 34.0 Å². The van der Waals surface area contributed by atoms with Gasteiger partial charge < -0.3 is 11.1 Å². The summed E-state index contributed by atoms with van der Waals surface area (Å²) in [7, 11) is 0. The van der Waals surface area contributed by atoms with Gasteiger partial charge >= 0.3 is 0 Å². The van der Waals surface area contributed by atoms with Crippen molar-refractivity contribution >= 4 is 39.2 Å². The van der Waals surface area contributed by atoms with Gasteiger partial charge in [-0.05, 0) is 24.3 Å². The quantitative estimate of drug-likeness (QED) is 0.733. The minimum absolute atomic E-state index is 0.117. The van der Waals surface area contributed by atoms with Gasteiger partial charge in [0.2, 0.25) is 5.91 Å². The summed E-state index contributed by atoms with van der Waals surface area (Å²) < 4.78 is 0. The van der Waals surface area contributed by atoms with Crippen LogP contribution < -0.4 is 11.1 Å². The Bertz CT molecular complexity index is 1160. The third-order valence-corrected chi connectivity index (χ3v) is 7.22. The van der Waals surface area contributed by atoms with Crippen molar-refractivity contribution in [2.24, 2.45) is 22.1 Å². The fourth-order valence-electron chi connectivity index (χ4n) is 4.72. The van der Waals surface area contributed by atoms with Crippen molar-refractivity contribution in [1.29, 1.82) is 10.5 Å². The van der Waals surface area contributed by atoms with E-state index in [-0.39, 0.29) is 17.5 Å². The molecule has 1 atom stereocenters. The molecule has 1 aliphatic carbocycles. The molecule has 2 aliphatic rings. The van der Waals surface area contributed by atoms with E-state index < -0.39 is 11.3 Å². The standard InChI is InChI=1S/C24H23N5OS/c25-13-18-22(27)29-23(19(14-26)24(18)11-4-1-5-12-24)31-15-21(30)28-20-10-6-8-16-7-2-3-9-17(16)20/h2-3,6-10,19H,1,4-5,11-12,15,27H2,(H,28,30). The van der Waals surface area contributed by atoms with Crippen LogP contribution in [-0.2, 0) is 4.79 Å². The number of anilines is 1. The molecule has 1 unspecified atom stereocenters. The molecule has 2 aromatic rings. The van der Waals surface area contributed by atoms with Crippen LogP contribution >= 0.6 is 11.8 Å². The molecule has 1 amide bonds. The number of nitrogens with two attached hydrogens (primary N) is 1. The molecule has 0 saturated heterocycles. The Hall–Kier alpha value is -3.29. The van der Waals surface area contributed by atoms with Gasteiger partial charge in [-0.25, -0.2) is 4.99 Å². The Morgan fingerprint density at radius 1 is 1.16 bits per heavy atom. The van der Waals surface area contributed by atoms with E-state index in [2.05, 4.69) is 22.4 Å². The zero-order valence-electron chi connectivity index (χ0n) is 17.1. The van der Waals surface area contributed by atoms with Gasteiger partial charge in [0.05, 0.1) is 28.5 Å². The zero-order valence-corrected chi connectivity index (χ0v) is 17.9. The summed E-state index contributed by atoms with van der Waals surface area (Å²) in [6.07, 6.45) is 4.49. The molecule has 6 nitrogen and oxygen atoms in total. The smallest absolute Gasteiger partial charge is 0.234 e. The molecule has 3 N–H and O–H groups in total. The molecule has 7 heteroatoms. The summed E-state index contributed by atoms with van der Waals surface area (Å²) in [6, 6.07) is 18.2. The average molecular weight is 430 g/mol. The SMILES string of the molecule is N#CC1=C(N)N=C(SCC(=O)Nc2cccc3ccccc23)C(C#N)C12CCCCC2. The molecule has 1 aliphatic heterocycles. The Kier molecular flexibility index (Phi) is 5.97. The lowest BCUT2D eigenvalue weighted by Crippen LogP contribution is -2.41. The number of nitrogens with zero attached hydrogens (tertiary/aromatic N) is 3. The first kappa shape index (κ1) is 21.0. The lowest BCUT2D eigenvalue weighted by atomic mass is 9.61. The van der Waals surface area contributed by atoms with Gasteiger partial charge in [0.25, 0.3) is 0 Å². The van der Waals surface area contributed by atoms with Gasteiger partial charge in [-0.3, -0.25) is 4.79 Å². The number of nitriles is 2. The fourth-order valence-corrected chi connectivity index (χ4v) is 5.68. The number of fused-ring (bicyclic) bond motifs is 1. The summed E-state index contributed by atoms with van der Waals surface area (Å²) in [4.78, 5) is 17.1. The molecule has 0 radical (unpaired) electrons. The van der Waals surface area contributed by atoms with E-state index in [9.17, 15) is 15.3 Å². The maximum atomic E-state index is 12.7. The molecule has 1 fully saturated rings. The molecule has 31 heavy (non-hydrogen) atoms. The van der Waals surface area contributed by atoms with Gasteiger partial charge in [0.15, 0.2) is 0 Å². The summed E-state index contributed by atoms with van der Waals surface area (Å²) in [5.41, 5.74) is 6.74. The first-order valence-electron chi connectivity index (χ1n) is 10.4. The maximum Gasteiger partial charge on any atom is 0.234 e. The van der Waals surface area contributed by atoms with Crippen molar-refractivity contribution in [2.45, 2.75) is 32.1 Å². The van der Waals surface area contributed by atoms with E-state index in [4.69, 9.17) is 5.73 Å². The Morgan fingerprint density at radius 3 is 2.65 bits per heavy atom. The number of carbonyl (C=O) groups is 1. The lowest BCUT2D eigenvalue weighted by Gasteiger charge is -2.42. The molecule has 4 rings (SSSR count). The predicted octanol–water partition coefficient (Wildman–Crippen LogP) is 4.71. The number of hydrogen-bond donors (Lipinski definition) is 2. The summed E-state index contributed by atoms with van der Waals surface area (Å²) in [6.45, 7) is 0. The molecule has 0 aromatic heterocycles. The van der Waals surface area contributed by atoms with Gasteiger partial charge in [0.1, 0.15) is 11.7 Å². The normalized spacial score (nSPS) is 20.1. The van der Waals surface area contributed by atoms with E-state index in [0.717, 1.165) is 48.6 Å². The van der Waals surface area contributed by atoms with Gasteiger partial charge in [-0.2, -0.15) is 10.5 Å². The number of amides is 1. The summed E-state index contributed by atoms with van der Waals surface area (Å²) in [5, 5.41) is 25.2. The zero-order chi connectivity index (χ0) is 21.8. The number of thioether (sulfide) groups is 1. The van der Waals surface area contributed by atoms with E-state index in [1.807, 2.05) is 42.5 Å². The van der Waals surface area contributed by atoms with Crippen LogP contribution in [-0.4, -0.2) is 16.7 Å². The number of aliphatic imine (C=N–C) groups is 1. The maximum absolute atomic E-state index is 12.7. The molecular weight excluding hydrogens is 406 g/mol. The van der Waals surface area contributed by atoms with Crippen LogP contribution in [0.2, 0.25) is 0 Å². The van der Waals surface area contributed by atoms with Crippen LogP contribution in [0.4, 0.5) is 5.69 Å². The monoisotopic (exact) mass is 429 g/mol. The summed E-state index contributed by atoms with van der Waals surface area (Å²) in [5.74, 6) is -0.420. The van der Waals surface area contributed by atoms with Crippen LogP contribution in [0.1, 0.15) is 32.1 Å². The first-order valence-corrected chi connectivity index (χ1v) is 11.4. The number of benzene rings is 2. The molecule has 1 spiro atoms. The minimum Gasteiger partial charge on any atom is -0.383 e. The molecule has 0 bridgehead atoms. The molecule has 156 valence electrons. The average Bonchev–Trinajstić information content (AvgIpc) is 2.79. The van der Waals surface area contributed by atoms with E-state index in [0.29, 0.717) is 10.6 Å². The van der Waals surface area contributed by atoms with E-state index >= 15 is 0 Å². The Balaban J connectivity index is 1.53. The minimum atomic E-state index is -0.581. The van der Waals surface area contributed by atoms with Crippen molar-refractivity contribution < 1.29 is 4.79 Å². The van der Waals surface area contributed by atoms with Crippen molar-refractivity contribution in [3.63, 3.8) is 0 Å². The highest BCUT2D eigenvalue weighted by Gasteiger charge is 2.49. The number of rotatable bonds is 3. The second-order valence-corrected chi connectivity index (χ2v) is 8.96. The number of nitrogens with one attached hydrogen (secondary N) is 1. The predicted molar refractivity (Wildman–Crippen MR) is 124 cm³/mol. The highest BCUT2D eigenvalue weighted by atomic mass is 32.2. The highest BCUT2D eigenvalue weighted by Crippen LogP contribution is 2.52. The van der Waals surface area contributed by atoms with Gasteiger partial charge in [-0.1, -0.05) is 67.4 Å². The second-order valence-electron chi connectivity index (χ2n) is 7.96. The number of allylic oxidation sites excluding steroid dienone is 1. The third kappa shape index (κ3) is 3.89. The lowest BCUT2D eigenvalue weighted by molar-refractivity contribution is -0.113. The van der Waals surface area contributed by atoms with Crippen LogP contribution in [0.15, 0.2) is 58.9 Å². The van der Waals surface area contributed by atoms with Crippen LogP contribution in [0.5, 0.6) is 0 Å².